The van der Waals surface area contributed by atoms with E-state index in [-0.39, 0.29) is 6.79 Å². The molecule has 6 N–H and O–H groups in total. The zero-order chi connectivity index (χ0) is 18.0. The van der Waals surface area contributed by atoms with Gasteiger partial charge in [0.1, 0.15) is 12.4 Å². The zero-order valence-electron chi connectivity index (χ0n) is 14.0. The first-order chi connectivity index (χ1) is 12.5. The van der Waals surface area contributed by atoms with Crippen LogP contribution in [0.5, 0.6) is 11.5 Å². The van der Waals surface area contributed by atoms with Crippen molar-refractivity contribution in [1.29, 1.82) is 0 Å². The summed E-state index contributed by atoms with van der Waals surface area (Å²) in [6.07, 6.45) is 0. The van der Waals surface area contributed by atoms with Crippen LogP contribution in [0.3, 0.4) is 0 Å². The molecule has 0 aliphatic carbocycles. The highest BCUT2D eigenvalue weighted by Gasteiger charge is 2.28. The predicted octanol–water partition coefficient (Wildman–Crippen LogP) is 3.48. The van der Waals surface area contributed by atoms with Crippen LogP contribution in [0.15, 0.2) is 36.9 Å². The van der Waals surface area contributed by atoms with Gasteiger partial charge in [0.15, 0.2) is 11.5 Å². The Balaban J connectivity index is 1.92. The maximum Gasteiger partial charge on any atom is 0.231 e. The first-order valence-electron chi connectivity index (χ1n) is 8.19. The van der Waals surface area contributed by atoms with Crippen LogP contribution >= 0.6 is 0 Å². The summed E-state index contributed by atoms with van der Waals surface area (Å²) in [5, 5.41) is 1.75. The van der Waals surface area contributed by atoms with E-state index in [1.54, 1.807) is 0 Å². The van der Waals surface area contributed by atoms with E-state index in [9.17, 15) is 0 Å². The number of fused-ring (bicyclic) bond motifs is 3. The number of hydrogen-bond donors (Lipinski definition) is 3. The van der Waals surface area contributed by atoms with Crippen LogP contribution in [0.2, 0.25) is 0 Å². The third-order valence-electron chi connectivity index (χ3n) is 4.99. The van der Waals surface area contributed by atoms with Gasteiger partial charge >= 0.3 is 0 Å². The smallest absolute Gasteiger partial charge is 0.231 e. The standard InChI is InChI=1S/C20H17N3O3/c1-9-18-13(7-24-9)20(23)12-6-15(22)14(21)5-11(12)19(18)10-2-3-16-17(4-10)26-8-25-16/h2-6H,1,7-8,21-23H2. The summed E-state index contributed by atoms with van der Waals surface area (Å²) in [6, 6.07) is 9.50. The maximum atomic E-state index is 6.43. The summed E-state index contributed by atoms with van der Waals surface area (Å²) in [4.78, 5) is 0. The molecule has 2 aliphatic heterocycles. The molecule has 0 saturated heterocycles. The number of benzene rings is 3. The van der Waals surface area contributed by atoms with Crippen LogP contribution < -0.4 is 26.7 Å². The minimum atomic E-state index is 0.221. The van der Waals surface area contributed by atoms with E-state index in [0.29, 0.717) is 35.2 Å². The lowest BCUT2D eigenvalue weighted by Crippen LogP contribution is -2.01. The van der Waals surface area contributed by atoms with E-state index in [1.165, 1.54) is 0 Å². The van der Waals surface area contributed by atoms with Crippen LogP contribution in [0.4, 0.5) is 17.1 Å². The number of ether oxygens (including phenoxy) is 3. The molecule has 0 atom stereocenters. The quantitative estimate of drug-likeness (QED) is 0.582. The Hall–Kier alpha value is -3.54. The SMILES string of the molecule is C=C1OCc2c1c(-c1ccc3c(c1)OCO3)c1cc(N)c(N)cc1c2N. The highest BCUT2D eigenvalue weighted by atomic mass is 16.7. The van der Waals surface area contributed by atoms with Gasteiger partial charge in [-0.15, -0.1) is 0 Å². The fourth-order valence-electron chi connectivity index (χ4n) is 3.69. The molecule has 2 aliphatic rings. The fraction of sp³-hybridized carbons (Fsp3) is 0.100. The van der Waals surface area contributed by atoms with Crippen LogP contribution in [-0.4, -0.2) is 6.79 Å². The van der Waals surface area contributed by atoms with E-state index in [4.69, 9.17) is 31.4 Å². The number of nitrogens with two attached hydrogens (primary N) is 3. The summed E-state index contributed by atoms with van der Waals surface area (Å²) >= 11 is 0. The molecule has 0 unspecified atom stereocenters. The van der Waals surface area contributed by atoms with Gasteiger partial charge in [-0.3, -0.25) is 0 Å². The molecule has 5 rings (SSSR count). The molecule has 3 aromatic carbocycles. The fourth-order valence-corrected chi connectivity index (χ4v) is 3.69. The molecule has 0 spiro atoms. The van der Waals surface area contributed by atoms with Gasteiger partial charge in [0.25, 0.3) is 0 Å². The molecule has 0 radical (unpaired) electrons. The highest BCUT2D eigenvalue weighted by Crippen LogP contribution is 2.48. The summed E-state index contributed by atoms with van der Waals surface area (Å²) < 4.78 is 16.7. The molecular formula is C20H17N3O3. The summed E-state index contributed by atoms with van der Waals surface area (Å²) in [7, 11) is 0. The van der Waals surface area contributed by atoms with Crippen LogP contribution in [0.25, 0.3) is 27.7 Å². The molecule has 0 fully saturated rings. The second kappa shape index (κ2) is 4.98. The monoisotopic (exact) mass is 347 g/mol. The average Bonchev–Trinajstić information content (AvgIpc) is 3.24. The van der Waals surface area contributed by atoms with Crippen molar-refractivity contribution in [2.45, 2.75) is 6.61 Å². The topological polar surface area (TPSA) is 106 Å². The van der Waals surface area contributed by atoms with Crippen molar-refractivity contribution in [2.75, 3.05) is 24.0 Å². The third-order valence-corrected chi connectivity index (χ3v) is 4.99. The van der Waals surface area contributed by atoms with Crippen molar-refractivity contribution >= 4 is 33.6 Å². The van der Waals surface area contributed by atoms with Gasteiger partial charge in [-0.2, -0.15) is 0 Å². The van der Waals surface area contributed by atoms with Gasteiger partial charge in [0.2, 0.25) is 6.79 Å². The van der Waals surface area contributed by atoms with E-state index < -0.39 is 0 Å². The van der Waals surface area contributed by atoms with Gasteiger partial charge in [-0.25, -0.2) is 0 Å². The highest BCUT2D eigenvalue weighted by molar-refractivity contribution is 6.11. The molecule has 0 amide bonds. The molecule has 0 saturated carbocycles. The van der Waals surface area contributed by atoms with Crippen molar-refractivity contribution < 1.29 is 14.2 Å². The van der Waals surface area contributed by atoms with E-state index in [0.717, 1.165) is 38.8 Å². The Morgan fingerprint density at radius 2 is 1.54 bits per heavy atom. The summed E-state index contributed by atoms with van der Waals surface area (Å²) in [5.74, 6) is 2.02. The van der Waals surface area contributed by atoms with Crippen LogP contribution in [0.1, 0.15) is 11.1 Å². The summed E-state index contributed by atoms with van der Waals surface area (Å²) in [6.45, 7) is 4.66. The molecule has 2 heterocycles. The summed E-state index contributed by atoms with van der Waals surface area (Å²) in [5.41, 5.74) is 23.9. The Labute approximate surface area is 149 Å². The minimum Gasteiger partial charge on any atom is -0.489 e. The average molecular weight is 347 g/mol. The molecule has 0 bridgehead atoms. The van der Waals surface area contributed by atoms with Gasteiger partial charge in [0, 0.05) is 27.8 Å². The third kappa shape index (κ3) is 1.86. The normalized spacial score (nSPS) is 14.5. The number of rotatable bonds is 1. The van der Waals surface area contributed by atoms with Crippen molar-refractivity contribution in [3.8, 4) is 22.6 Å². The molecule has 26 heavy (non-hydrogen) atoms. The van der Waals surface area contributed by atoms with E-state index in [2.05, 4.69) is 6.58 Å². The van der Waals surface area contributed by atoms with Crippen LogP contribution in [-0.2, 0) is 11.3 Å². The molecular weight excluding hydrogens is 330 g/mol. The molecule has 130 valence electrons. The maximum absolute atomic E-state index is 6.43. The molecule has 0 aromatic heterocycles. The molecule has 6 nitrogen and oxygen atoms in total. The van der Waals surface area contributed by atoms with Gasteiger partial charge in [-0.05, 0) is 35.2 Å². The van der Waals surface area contributed by atoms with Crippen molar-refractivity contribution in [3.05, 3.63) is 48.0 Å². The number of hydrogen-bond acceptors (Lipinski definition) is 6. The van der Waals surface area contributed by atoms with E-state index >= 15 is 0 Å². The lowest BCUT2D eigenvalue weighted by atomic mass is 9.88. The second-order valence-corrected chi connectivity index (χ2v) is 6.45. The number of nitrogen functional groups attached to an aromatic ring is 3. The predicted molar refractivity (Wildman–Crippen MR) is 103 cm³/mol. The zero-order valence-corrected chi connectivity index (χ0v) is 14.0. The van der Waals surface area contributed by atoms with Crippen molar-refractivity contribution in [2.24, 2.45) is 0 Å². The lowest BCUT2D eigenvalue weighted by molar-refractivity contribution is 0.174. The lowest BCUT2D eigenvalue weighted by Gasteiger charge is -2.17. The van der Waals surface area contributed by atoms with E-state index in [1.807, 2.05) is 30.3 Å². The van der Waals surface area contributed by atoms with Gasteiger partial charge < -0.3 is 31.4 Å². The molecule has 6 heteroatoms. The Bertz CT molecular complexity index is 1120. The number of anilines is 3. The van der Waals surface area contributed by atoms with Crippen molar-refractivity contribution in [3.63, 3.8) is 0 Å². The molecule has 3 aromatic rings. The minimum absolute atomic E-state index is 0.221. The largest absolute Gasteiger partial charge is 0.489 e. The Kier molecular flexibility index (Phi) is 2.83. The van der Waals surface area contributed by atoms with Crippen molar-refractivity contribution in [1.82, 2.24) is 0 Å². The van der Waals surface area contributed by atoms with Gasteiger partial charge in [-0.1, -0.05) is 12.6 Å². The first kappa shape index (κ1) is 14.8. The second-order valence-electron chi connectivity index (χ2n) is 6.45. The first-order valence-corrected chi connectivity index (χ1v) is 8.19. The van der Waals surface area contributed by atoms with Crippen LogP contribution in [0, 0.1) is 0 Å². The van der Waals surface area contributed by atoms with Gasteiger partial charge in [0.05, 0.1) is 11.4 Å². The Morgan fingerprint density at radius 1 is 0.808 bits per heavy atom. The Morgan fingerprint density at radius 3 is 2.35 bits per heavy atom.